The van der Waals surface area contributed by atoms with Crippen LogP contribution in [-0.4, -0.2) is 23.1 Å². The van der Waals surface area contributed by atoms with E-state index in [9.17, 15) is 4.79 Å². The summed E-state index contributed by atoms with van der Waals surface area (Å²) in [7, 11) is 0. The first kappa shape index (κ1) is 11.7. The normalized spacial score (nSPS) is 15.1. The minimum atomic E-state index is 0.169. The highest BCUT2D eigenvalue weighted by Gasteiger charge is 2.16. The van der Waals surface area contributed by atoms with Crippen molar-refractivity contribution in [1.82, 2.24) is 4.90 Å². The van der Waals surface area contributed by atoms with Crippen LogP contribution in [0.5, 0.6) is 0 Å². The second-order valence-electron chi connectivity index (χ2n) is 3.68. The summed E-state index contributed by atoms with van der Waals surface area (Å²) in [5.41, 5.74) is 1.95. The fraction of sp³-hybridized carbons (Fsp3) is 0.250. The predicted molar refractivity (Wildman–Crippen MR) is 71.4 cm³/mol. The predicted octanol–water partition coefficient (Wildman–Crippen LogP) is 3.50. The minimum absolute atomic E-state index is 0.169. The molecule has 1 aliphatic rings. The van der Waals surface area contributed by atoms with Gasteiger partial charge in [0, 0.05) is 15.7 Å². The van der Waals surface area contributed by atoms with E-state index in [4.69, 9.17) is 0 Å². The van der Waals surface area contributed by atoms with Crippen molar-refractivity contribution >= 4 is 33.5 Å². The number of nitrogens with zero attached hydrogens (tertiary/aromatic N) is 1. The van der Waals surface area contributed by atoms with Crippen molar-refractivity contribution in [3.05, 3.63) is 45.4 Å². The van der Waals surface area contributed by atoms with Crippen LogP contribution in [0.4, 0.5) is 0 Å². The summed E-state index contributed by atoms with van der Waals surface area (Å²) in [5.74, 6) is 1.05. The van der Waals surface area contributed by atoms with Gasteiger partial charge in [0.05, 0.1) is 12.4 Å². The summed E-state index contributed by atoms with van der Waals surface area (Å²) < 4.78 is 0.997. The van der Waals surface area contributed by atoms with E-state index < -0.39 is 0 Å². The molecule has 2 nitrogen and oxygen atoms in total. The molecule has 1 aromatic carbocycles. The Balaban J connectivity index is 2.03. The second kappa shape index (κ2) is 5.06. The highest BCUT2D eigenvalue weighted by Crippen LogP contribution is 2.22. The van der Waals surface area contributed by atoms with Crippen LogP contribution in [0.15, 0.2) is 39.8 Å². The molecule has 0 unspecified atom stereocenters. The second-order valence-corrected chi connectivity index (χ2v) is 5.43. The molecule has 0 spiro atoms. The molecule has 0 radical (unpaired) electrons. The third-order valence-electron chi connectivity index (χ3n) is 2.48. The average Bonchev–Trinajstić information content (AvgIpc) is 2.65. The van der Waals surface area contributed by atoms with Gasteiger partial charge in [-0.3, -0.25) is 4.79 Å². The Kier molecular flexibility index (Phi) is 3.71. The Hall–Kier alpha value is -0.740. The minimum Gasteiger partial charge on any atom is -0.357 e. The third-order valence-corrected chi connectivity index (χ3v) is 3.98. The van der Waals surface area contributed by atoms with Gasteiger partial charge in [0.2, 0.25) is 0 Å². The number of benzene rings is 1. The number of hydrogen-bond donors (Lipinski definition) is 0. The number of thioether (sulfide) groups is 1. The molecule has 0 fully saturated rings. The molecule has 0 aromatic heterocycles. The number of ketones is 1. The van der Waals surface area contributed by atoms with Crippen molar-refractivity contribution in [1.29, 1.82) is 0 Å². The van der Waals surface area contributed by atoms with Gasteiger partial charge in [0.25, 0.3) is 0 Å². The SMILES string of the molecule is CC1=CSCN1CC(=O)c1ccc(Br)cc1. The van der Waals surface area contributed by atoms with Crippen molar-refractivity contribution < 1.29 is 4.79 Å². The van der Waals surface area contributed by atoms with Gasteiger partial charge in [0.15, 0.2) is 5.78 Å². The lowest BCUT2D eigenvalue weighted by molar-refractivity contribution is 0.0959. The largest absolute Gasteiger partial charge is 0.357 e. The van der Waals surface area contributed by atoms with Crippen molar-refractivity contribution in [2.75, 3.05) is 12.4 Å². The highest BCUT2D eigenvalue weighted by molar-refractivity contribution is 9.10. The lowest BCUT2D eigenvalue weighted by Crippen LogP contribution is -2.25. The van der Waals surface area contributed by atoms with Crippen molar-refractivity contribution in [2.24, 2.45) is 0 Å². The lowest BCUT2D eigenvalue weighted by Gasteiger charge is -2.17. The summed E-state index contributed by atoms with van der Waals surface area (Å²) in [6.45, 7) is 2.51. The molecule has 1 aromatic rings. The number of carbonyl (C=O) groups is 1. The molecule has 2 rings (SSSR count). The van der Waals surface area contributed by atoms with Crippen LogP contribution >= 0.6 is 27.7 Å². The van der Waals surface area contributed by atoms with Crippen LogP contribution in [-0.2, 0) is 0 Å². The molecule has 1 heterocycles. The summed E-state index contributed by atoms with van der Waals surface area (Å²) in [6, 6.07) is 7.51. The summed E-state index contributed by atoms with van der Waals surface area (Å²) in [6.07, 6.45) is 0. The van der Waals surface area contributed by atoms with Crippen molar-refractivity contribution in [3.8, 4) is 0 Å². The van der Waals surface area contributed by atoms with Gasteiger partial charge in [-0.1, -0.05) is 28.1 Å². The average molecular weight is 298 g/mol. The van der Waals surface area contributed by atoms with Gasteiger partial charge < -0.3 is 4.90 Å². The standard InChI is InChI=1S/C12H12BrNOS/c1-9-7-16-8-14(9)6-12(15)10-2-4-11(13)5-3-10/h2-5,7H,6,8H2,1H3. The van der Waals surface area contributed by atoms with Gasteiger partial charge >= 0.3 is 0 Å². The van der Waals surface area contributed by atoms with Crippen LogP contribution in [0.3, 0.4) is 0 Å². The number of hydrogen-bond acceptors (Lipinski definition) is 3. The third kappa shape index (κ3) is 2.68. The van der Waals surface area contributed by atoms with E-state index in [0.717, 1.165) is 15.9 Å². The Labute approximate surface area is 108 Å². The molecule has 16 heavy (non-hydrogen) atoms. The Morgan fingerprint density at radius 3 is 2.69 bits per heavy atom. The topological polar surface area (TPSA) is 20.3 Å². The zero-order chi connectivity index (χ0) is 11.5. The van der Waals surface area contributed by atoms with Crippen molar-refractivity contribution in [2.45, 2.75) is 6.92 Å². The molecular formula is C12H12BrNOS. The maximum absolute atomic E-state index is 12.0. The molecule has 0 N–H and O–H groups in total. The molecule has 1 aliphatic heterocycles. The Morgan fingerprint density at radius 2 is 2.12 bits per heavy atom. The molecular weight excluding hydrogens is 286 g/mol. The summed E-state index contributed by atoms with van der Waals surface area (Å²) in [5, 5.41) is 2.09. The van der Waals surface area contributed by atoms with Gasteiger partial charge in [-0.15, -0.1) is 11.8 Å². The molecule has 4 heteroatoms. The zero-order valence-electron chi connectivity index (χ0n) is 8.94. The van der Waals surface area contributed by atoms with E-state index in [1.807, 2.05) is 31.2 Å². The van der Waals surface area contributed by atoms with Crippen LogP contribution in [0.25, 0.3) is 0 Å². The van der Waals surface area contributed by atoms with Gasteiger partial charge in [-0.05, 0) is 24.5 Å². The molecule has 0 saturated carbocycles. The number of rotatable bonds is 3. The number of carbonyl (C=O) groups excluding carboxylic acids is 1. The molecule has 0 amide bonds. The van der Waals surface area contributed by atoms with Crippen molar-refractivity contribution in [3.63, 3.8) is 0 Å². The fourth-order valence-corrected chi connectivity index (χ4v) is 2.70. The lowest BCUT2D eigenvalue weighted by atomic mass is 10.1. The maximum atomic E-state index is 12.0. The van der Waals surface area contributed by atoms with Crippen LogP contribution < -0.4 is 0 Å². The number of halogens is 1. The van der Waals surface area contributed by atoms with Gasteiger partial charge in [0.1, 0.15) is 0 Å². The van der Waals surface area contributed by atoms with E-state index in [-0.39, 0.29) is 5.78 Å². The van der Waals surface area contributed by atoms with Crippen LogP contribution in [0.2, 0.25) is 0 Å². The number of allylic oxidation sites excluding steroid dienone is 1. The van der Waals surface area contributed by atoms with Crippen LogP contribution in [0.1, 0.15) is 17.3 Å². The summed E-state index contributed by atoms with van der Waals surface area (Å²) >= 11 is 5.09. The fourth-order valence-electron chi connectivity index (χ4n) is 1.49. The number of Topliss-reactive ketones (excluding diaryl/α,β-unsaturated/α-hetero) is 1. The summed E-state index contributed by atoms with van der Waals surface area (Å²) in [4.78, 5) is 14.1. The first-order valence-electron chi connectivity index (χ1n) is 4.99. The highest BCUT2D eigenvalue weighted by atomic mass is 79.9. The van der Waals surface area contributed by atoms with E-state index in [2.05, 4.69) is 26.2 Å². The Bertz CT molecular complexity index is 427. The quantitative estimate of drug-likeness (QED) is 0.797. The Morgan fingerprint density at radius 1 is 1.44 bits per heavy atom. The monoisotopic (exact) mass is 297 g/mol. The van der Waals surface area contributed by atoms with E-state index in [0.29, 0.717) is 6.54 Å². The molecule has 0 aliphatic carbocycles. The van der Waals surface area contributed by atoms with E-state index in [1.54, 1.807) is 11.8 Å². The first-order chi connectivity index (χ1) is 7.66. The molecule has 84 valence electrons. The molecule has 0 atom stereocenters. The van der Waals surface area contributed by atoms with Gasteiger partial charge in [-0.25, -0.2) is 0 Å². The molecule has 0 saturated heterocycles. The van der Waals surface area contributed by atoms with Crippen LogP contribution in [0, 0.1) is 0 Å². The smallest absolute Gasteiger partial charge is 0.182 e. The van der Waals surface area contributed by atoms with Gasteiger partial charge in [-0.2, -0.15) is 0 Å². The zero-order valence-corrected chi connectivity index (χ0v) is 11.3. The molecule has 0 bridgehead atoms. The van der Waals surface area contributed by atoms with E-state index in [1.165, 1.54) is 5.70 Å². The maximum Gasteiger partial charge on any atom is 0.182 e. The first-order valence-corrected chi connectivity index (χ1v) is 6.83. The van der Waals surface area contributed by atoms with E-state index >= 15 is 0 Å².